The zero-order valence-electron chi connectivity index (χ0n) is 13.6. The number of unbranched alkanes of at least 4 members (excludes halogenated alkanes) is 5. The number of benzene rings is 1. The molecule has 1 unspecified atom stereocenters. The maximum atomic E-state index is 10.8. The third-order valence-corrected chi connectivity index (χ3v) is 4.13. The van der Waals surface area contributed by atoms with Crippen molar-refractivity contribution in [1.29, 1.82) is 5.26 Å². The molecule has 3 nitrogen and oxygen atoms in total. The first kappa shape index (κ1) is 20.7. The van der Waals surface area contributed by atoms with Gasteiger partial charge in [0, 0.05) is 0 Å². The van der Waals surface area contributed by atoms with Crippen LogP contribution >= 0.6 is 0 Å². The van der Waals surface area contributed by atoms with Gasteiger partial charge < -0.3 is 5.11 Å². The Kier molecular flexibility index (Phi) is 11.5. The molecule has 0 saturated carbocycles. The third-order valence-electron chi connectivity index (χ3n) is 3.51. The van der Waals surface area contributed by atoms with E-state index in [0.717, 1.165) is 19.3 Å². The van der Waals surface area contributed by atoms with Crippen LogP contribution in [0.4, 0.5) is 0 Å². The monoisotopic (exact) mass is 369 g/mol. The van der Waals surface area contributed by atoms with Gasteiger partial charge in [0.2, 0.25) is 0 Å². The number of hydrogen-bond donors (Lipinski definition) is 1. The van der Waals surface area contributed by atoms with Crippen molar-refractivity contribution in [3.05, 3.63) is 30.3 Å². The predicted octanol–water partition coefficient (Wildman–Crippen LogP) is 3.56. The van der Waals surface area contributed by atoms with E-state index in [1.165, 1.54) is 30.6 Å². The van der Waals surface area contributed by atoms with Gasteiger partial charge >= 0.3 is 56.8 Å². The van der Waals surface area contributed by atoms with Gasteiger partial charge in [0.05, 0.1) is 6.07 Å². The van der Waals surface area contributed by atoms with Crippen LogP contribution in [0.15, 0.2) is 30.3 Å². The molecule has 1 aromatic rings. The Morgan fingerprint density at radius 2 is 1.73 bits per heavy atom. The summed E-state index contributed by atoms with van der Waals surface area (Å²) >= 11 is 2.49. The first-order valence-corrected chi connectivity index (χ1v) is 8.78. The summed E-state index contributed by atoms with van der Waals surface area (Å²) in [6, 6.07) is 12.0. The second-order valence-corrected chi connectivity index (χ2v) is 6.69. The molecule has 0 radical (unpaired) electrons. The first-order chi connectivity index (χ1) is 10.5. The molecular formula is C18H27NO2Se. The van der Waals surface area contributed by atoms with E-state index < -0.39 is 11.4 Å². The zero-order chi connectivity index (χ0) is 16.8. The molecule has 0 aliphatic carbocycles. The molecule has 0 aliphatic rings. The van der Waals surface area contributed by atoms with Gasteiger partial charge in [0.1, 0.15) is 0 Å². The van der Waals surface area contributed by atoms with E-state index in [1.54, 1.807) is 0 Å². The van der Waals surface area contributed by atoms with Crippen LogP contribution in [-0.2, 0) is 4.79 Å². The summed E-state index contributed by atoms with van der Waals surface area (Å²) < 4.78 is 1.26. The molecule has 0 aliphatic heterocycles. The number of rotatable bonds is 8. The number of carbonyl (C=O) groups is 1. The van der Waals surface area contributed by atoms with Crippen molar-refractivity contribution in [2.24, 2.45) is 5.41 Å². The van der Waals surface area contributed by atoms with E-state index in [1.807, 2.05) is 24.3 Å². The molecule has 1 aromatic carbocycles. The fraction of sp³-hybridized carbons (Fsp3) is 0.556. The second-order valence-electron chi connectivity index (χ2n) is 5.60. The Bertz CT molecular complexity index is 456. The number of carboxylic acids is 1. The van der Waals surface area contributed by atoms with Crippen molar-refractivity contribution < 1.29 is 9.90 Å². The molecule has 1 rings (SSSR count). The van der Waals surface area contributed by atoms with Crippen molar-refractivity contribution in [3.63, 3.8) is 0 Å². The number of carboxylic acid groups (broad SMARTS) is 1. The quantitative estimate of drug-likeness (QED) is 0.564. The van der Waals surface area contributed by atoms with Crippen LogP contribution < -0.4 is 4.46 Å². The summed E-state index contributed by atoms with van der Waals surface area (Å²) in [6.45, 7) is 3.67. The van der Waals surface area contributed by atoms with Gasteiger partial charge in [-0.05, 0) is 13.3 Å². The summed E-state index contributed by atoms with van der Waals surface area (Å²) in [5.41, 5.74) is -1.19. The van der Waals surface area contributed by atoms with Crippen LogP contribution in [0.3, 0.4) is 0 Å². The SMILES string of the molecule is CCCCCCCCC(C)(C#N)C(=O)O.[SeH]c1ccccc1. The number of aliphatic carboxylic acids is 1. The van der Waals surface area contributed by atoms with Crippen LogP contribution in [0.2, 0.25) is 0 Å². The molecule has 1 N–H and O–H groups in total. The zero-order valence-corrected chi connectivity index (χ0v) is 15.5. The Labute approximate surface area is 142 Å². The summed E-state index contributed by atoms with van der Waals surface area (Å²) in [5.74, 6) is -1.00. The van der Waals surface area contributed by atoms with Gasteiger partial charge in [0.15, 0.2) is 5.41 Å². The first-order valence-electron chi connectivity index (χ1n) is 7.85. The van der Waals surface area contributed by atoms with E-state index in [2.05, 4.69) is 35.1 Å². The molecule has 0 aromatic heterocycles. The Morgan fingerprint density at radius 3 is 2.14 bits per heavy atom. The average molecular weight is 368 g/mol. The molecule has 0 heterocycles. The molecule has 4 heteroatoms. The second kappa shape index (κ2) is 12.3. The van der Waals surface area contributed by atoms with Crippen LogP contribution in [0.1, 0.15) is 58.8 Å². The molecule has 0 spiro atoms. The van der Waals surface area contributed by atoms with Crippen molar-refractivity contribution in [1.82, 2.24) is 0 Å². The van der Waals surface area contributed by atoms with E-state index >= 15 is 0 Å². The van der Waals surface area contributed by atoms with Gasteiger partial charge in [-0.15, -0.1) is 0 Å². The Morgan fingerprint density at radius 1 is 1.18 bits per heavy atom. The molecule has 122 valence electrons. The molecule has 0 fully saturated rings. The van der Waals surface area contributed by atoms with Crippen molar-refractivity contribution in [2.45, 2.75) is 58.8 Å². The number of hydrogen-bond acceptors (Lipinski definition) is 2. The Balaban J connectivity index is 0.000000518. The standard InChI is InChI=1S/C12H21NO2.C6H6Se/c1-3-4-5-6-7-8-9-12(2,10-13)11(14)15;7-6-4-2-1-3-5-6/h3-9H2,1-2H3,(H,14,15);1-5,7H. The van der Waals surface area contributed by atoms with Gasteiger partial charge in [-0.1, -0.05) is 45.4 Å². The minimum atomic E-state index is -1.19. The maximum absolute atomic E-state index is 10.8. The van der Waals surface area contributed by atoms with E-state index in [0.29, 0.717) is 6.42 Å². The van der Waals surface area contributed by atoms with Gasteiger partial charge in [0.25, 0.3) is 0 Å². The predicted molar refractivity (Wildman–Crippen MR) is 92.6 cm³/mol. The molecule has 22 heavy (non-hydrogen) atoms. The fourth-order valence-electron chi connectivity index (χ4n) is 1.90. The topological polar surface area (TPSA) is 61.1 Å². The van der Waals surface area contributed by atoms with E-state index in [9.17, 15) is 4.79 Å². The normalized spacial score (nSPS) is 12.5. The summed E-state index contributed by atoms with van der Waals surface area (Å²) in [5, 5.41) is 17.6. The van der Waals surface area contributed by atoms with Crippen molar-refractivity contribution >= 4 is 26.4 Å². The van der Waals surface area contributed by atoms with Crippen molar-refractivity contribution in [2.75, 3.05) is 0 Å². The molecular weight excluding hydrogens is 341 g/mol. The number of nitrogens with zero attached hydrogens (tertiary/aromatic N) is 1. The van der Waals surface area contributed by atoms with Crippen LogP contribution in [0.5, 0.6) is 0 Å². The van der Waals surface area contributed by atoms with E-state index in [-0.39, 0.29) is 0 Å². The van der Waals surface area contributed by atoms with E-state index in [4.69, 9.17) is 10.4 Å². The van der Waals surface area contributed by atoms with Gasteiger partial charge in [-0.25, -0.2) is 0 Å². The van der Waals surface area contributed by atoms with Gasteiger partial charge in [-0.3, -0.25) is 4.79 Å². The summed E-state index contributed by atoms with van der Waals surface area (Å²) in [4.78, 5) is 10.8. The van der Waals surface area contributed by atoms with Crippen molar-refractivity contribution in [3.8, 4) is 6.07 Å². The van der Waals surface area contributed by atoms with Crippen LogP contribution in [0, 0.1) is 16.7 Å². The molecule has 0 saturated heterocycles. The summed E-state index contributed by atoms with van der Waals surface area (Å²) in [7, 11) is 0. The Hall–Kier alpha value is -1.30. The molecule has 0 bridgehead atoms. The average Bonchev–Trinajstić information content (AvgIpc) is 2.51. The molecule has 1 atom stereocenters. The van der Waals surface area contributed by atoms with Crippen LogP contribution in [-0.4, -0.2) is 27.1 Å². The minimum absolute atomic E-state index is 0.463. The number of nitriles is 1. The van der Waals surface area contributed by atoms with Crippen LogP contribution in [0.25, 0.3) is 0 Å². The summed E-state index contributed by atoms with van der Waals surface area (Å²) in [6.07, 6.45) is 7.15. The van der Waals surface area contributed by atoms with Gasteiger partial charge in [-0.2, -0.15) is 5.26 Å². The molecule has 0 amide bonds. The third kappa shape index (κ3) is 9.60. The fourth-order valence-corrected chi connectivity index (χ4v) is 2.26.